The lowest BCUT2D eigenvalue weighted by Gasteiger charge is -2.16. The predicted molar refractivity (Wildman–Crippen MR) is 62.8 cm³/mol. The van der Waals surface area contributed by atoms with E-state index in [1.807, 2.05) is 0 Å². The first kappa shape index (κ1) is 11.3. The van der Waals surface area contributed by atoms with Gasteiger partial charge in [0.15, 0.2) is 0 Å². The van der Waals surface area contributed by atoms with E-state index < -0.39 is 0 Å². The van der Waals surface area contributed by atoms with Crippen LogP contribution in [0.3, 0.4) is 0 Å². The molecule has 0 spiro atoms. The summed E-state index contributed by atoms with van der Waals surface area (Å²) in [5.41, 5.74) is 0.519. The fourth-order valence-electron chi connectivity index (χ4n) is 1.63. The summed E-state index contributed by atoms with van der Waals surface area (Å²) in [6.07, 6.45) is 2.43. The Morgan fingerprint density at radius 2 is 2.25 bits per heavy atom. The van der Waals surface area contributed by atoms with Gasteiger partial charge in [0, 0.05) is 19.2 Å². The van der Waals surface area contributed by atoms with Crippen LogP contribution >= 0.6 is 11.6 Å². The molecule has 86 valence electrons. The number of phenols is 1. The Balaban J connectivity index is 2.09. The molecule has 0 aliphatic heterocycles. The molecule has 0 radical (unpaired) electrons. The molecule has 1 amide bonds. The van der Waals surface area contributed by atoms with Crippen molar-refractivity contribution in [2.45, 2.75) is 12.8 Å². The average Bonchev–Trinajstić information content (AvgIpc) is 3.05. The third-order valence-corrected chi connectivity index (χ3v) is 3.07. The number of hydrogen-bond acceptors (Lipinski definition) is 2. The third-order valence-electron chi connectivity index (χ3n) is 2.77. The van der Waals surface area contributed by atoms with Gasteiger partial charge in [0.25, 0.3) is 5.91 Å². The minimum Gasteiger partial charge on any atom is -0.506 e. The first-order chi connectivity index (χ1) is 7.58. The van der Waals surface area contributed by atoms with Crippen molar-refractivity contribution in [1.29, 1.82) is 0 Å². The lowest BCUT2D eigenvalue weighted by atomic mass is 10.2. The zero-order valence-electron chi connectivity index (χ0n) is 9.11. The number of carbonyl (C=O) groups is 1. The van der Waals surface area contributed by atoms with Gasteiger partial charge in [-0.15, -0.1) is 0 Å². The van der Waals surface area contributed by atoms with Crippen LogP contribution in [0, 0.1) is 5.92 Å². The number of phenolic OH excluding ortho intramolecular Hbond substituents is 1. The van der Waals surface area contributed by atoms with Crippen LogP contribution in [0.1, 0.15) is 23.2 Å². The second kappa shape index (κ2) is 4.34. The lowest BCUT2D eigenvalue weighted by Crippen LogP contribution is -2.28. The molecule has 0 atom stereocenters. The van der Waals surface area contributed by atoms with Crippen LogP contribution in [-0.4, -0.2) is 29.5 Å². The normalized spacial score (nSPS) is 14.9. The molecule has 1 fully saturated rings. The molecule has 0 unspecified atom stereocenters. The standard InChI is InChI=1S/C12H14ClNO2/c1-14(7-8-2-3-8)12(16)9-4-5-11(15)10(13)6-9/h4-6,8,15H,2-3,7H2,1H3. The first-order valence-corrected chi connectivity index (χ1v) is 5.69. The highest BCUT2D eigenvalue weighted by molar-refractivity contribution is 6.32. The molecule has 0 bridgehead atoms. The highest BCUT2D eigenvalue weighted by Gasteiger charge is 2.25. The van der Waals surface area contributed by atoms with E-state index in [2.05, 4.69) is 0 Å². The summed E-state index contributed by atoms with van der Waals surface area (Å²) < 4.78 is 0. The van der Waals surface area contributed by atoms with Crippen molar-refractivity contribution in [2.24, 2.45) is 5.92 Å². The summed E-state index contributed by atoms with van der Waals surface area (Å²) in [6.45, 7) is 0.803. The van der Waals surface area contributed by atoms with Gasteiger partial charge < -0.3 is 10.0 Å². The SMILES string of the molecule is CN(CC1CC1)C(=O)c1ccc(O)c(Cl)c1. The van der Waals surface area contributed by atoms with Crippen LogP contribution < -0.4 is 0 Å². The second-order valence-electron chi connectivity index (χ2n) is 4.30. The largest absolute Gasteiger partial charge is 0.506 e. The number of benzene rings is 1. The Kier molecular flexibility index (Phi) is 3.06. The third kappa shape index (κ3) is 2.47. The van der Waals surface area contributed by atoms with Crippen LogP contribution in [-0.2, 0) is 0 Å². The van der Waals surface area contributed by atoms with Crippen molar-refractivity contribution in [1.82, 2.24) is 4.90 Å². The summed E-state index contributed by atoms with van der Waals surface area (Å²) in [5, 5.41) is 9.48. The molecular weight excluding hydrogens is 226 g/mol. The summed E-state index contributed by atoms with van der Waals surface area (Å²) in [4.78, 5) is 13.7. The Morgan fingerprint density at radius 3 is 2.81 bits per heavy atom. The molecular formula is C12H14ClNO2. The number of carbonyl (C=O) groups excluding carboxylic acids is 1. The van der Waals surface area contributed by atoms with Crippen LogP contribution in [0.25, 0.3) is 0 Å². The average molecular weight is 240 g/mol. The maximum absolute atomic E-state index is 12.0. The first-order valence-electron chi connectivity index (χ1n) is 5.32. The van der Waals surface area contributed by atoms with Crippen molar-refractivity contribution < 1.29 is 9.90 Å². The van der Waals surface area contributed by atoms with Gasteiger partial charge in [-0.3, -0.25) is 4.79 Å². The van der Waals surface area contributed by atoms with E-state index in [1.165, 1.54) is 25.0 Å². The molecule has 3 nitrogen and oxygen atoms in total. The molecule has 1 saturated carbocycles. The number of nitrogens with zero attached hydrogens (tertiary/aromatic N) is 1. The number of halogens is 1. The second-order valence-corrected chi connectivity index (χ2v) is 4.70. The van der Waals surface area contributed by atoms with E-state index in [4.69, 9.17) is 11.6 Å². The number of amides is 1. The molecule has 1 aliphatic carbocycles. The number of hydrogen-bond donors (Lipinski definition) is 1. The van der Waals surface area contributed by atoms with E-state index in [1.54, 1.807) is 18.0 Å². The Bertz CT molecular complexity index is 415. The fraction of sp³-hybridized carbons (Fsp3) is 0.417. The van der Waals surface area contributed by atoms with E-state index in [-0.39, 0.29) is 16.7 Å². The minimum atomic E-state index is -0.0474. The topological polar surface area (TPSA) is 40.5 Å². The lowest BCUT2D eigenvalue weighted by molar-refractivity contribution is 0.0788. The zero-order chi connectivity index (χ0) is 11.7. The van der Waals surface area contributed by atoms with Gasteiger partial charge in [0.2, 0.25) is 0 Å². The van der Waals surface area contributed by atoms with Crippen molar-refractivity contribution in [3.63, 3.8) is 0 Å². The smallest absolute Gasteiger partial charge is 0.253 e. The number of aromatic hydroxyl groups is 1. The summed E-state index contributed by atoms with van der Waals surface area (Å²) in [5.74, 6) is 0.624. The molecule has 1 aliphatic rings. The van der Waals surface area contributed by atoms with Crippen LogP contribution in [0.15, 0.2) is 18.2 Å². The summed E-state index contributed by atoms with van der Waals surface area (Å²) in [7, 11) is 1.79. The number of rotatable bonds is 3. The van der Waals surface area contributed by atoms with Gasteiger partial charge in [-0.05, 0) is 37.0 Å². The van der Waals surface area contributed by atoms with Crippen molar-refractivity contribution in [2.75, 3.05) is 13.6 Å². The molecule has 0 heterocycles. The molecule has 4 heteroatoms. The molecule has 16 heavy (non-hydrogen) atoms. The molecule has 0 aromatic heterocycles. The molecule has 2 rings (SSSR count). The van der Waals surface area contributed by atoms with Gasteiger partial charge in [0.05, 0.1) is 5.02 Å². The monoisotopic (exact) mass is 239 g/mol. The van der Waals surface area contributed by atoms with Crippen LogP contribution in [0.5, 0.6) is 5.75 Å². The molecule has 1 aromatic carbocycles. The minimum absolute atomic E-state index is 0.00284. The highest BCUT2D eigenvalue weighted by Crippen LogP contribution is 2.30. The quantitative estimate of drug-likeness (QED) is 0.881. The van der Waals surface area contributed by atoms with Crippen molar-refractivity contribution in [3.8, 4) is 5.75 Å². The van der Waals surface area contributed by atoms with Gasteiger partial charge in [0.1, 0.15) is 5.75 Å². The van der Waals surface area contributed by atoms with Crippen LogP contribution in [0.2, 0.25) is 5.02 Å². The van der Waals surface area contributed by atoms with E-state index in [9.17, 15) is 9.90 Å². The molecule has 0 saturated heterocycles. The van der Waals surface area contributed by atoms with Gasteiger partial charge in [-0.25, -0.2) is 0 Å². The van der Waals surface area contributed by atoms with E-state index in [0.717, 1.165) is 6.54 Å². The predicted octanol–water partition coefficient (Wildman–Crippen LogP) is 2.53. The van der Waals surface area contributed by atoms with Gasteiger partial charge in [-0.1, -0.05) is 11.6 Å². The van der Waals surface area contributed by atoms with Crippen LogP contribution in [0.4, 0.5) is 0 Å². The maximum Gasteiger partial charge on any atom is 0.253 e. The van der Waals surface area contributed by atoms with Crippen molar-refractivity contribution in [3.05, 3.63) is 28.8 Å². The Morgan fingerprint density at radius 1 is 1.56 bits per heavy atom. The molecule has 1 aromatic rings. The van der Waals surface area contributed by atoms with Crippen molar-refractivity contribution >= 4 is 17.5 Å². The van der Waals surface area contributed by atoms with E-state index in [0.29, 0.717) is 11.5 Å². The Hall–Kier alpha value is -1.22. The fourth-order valence-corrected chi connectivity index (χ4v) is 1.81. The Labute approximate surface area is 99.6 Å². The van der Waals surface area contributed by atoms with Gasteiger partial charge in [-0.2, -0.15) is 0 Å². The maximum atomic E-state index is 12.0. The highest BCUT2D eigenvalue weighted by atomic mass is 35.5. The summed E-state index contributed by atoms with van der Waals surface area (Å²) >= 11 is 5.76. The van der Waals surface area contributed by atoms with Gasteiger partial charge >= 0.3 is 0 Å². The zero-order valence-corrected chi connectivity index (χ0v) is 9.87. The molecule has 1 N–H and O–H groups in total. The van der Waals surface area contributed by atoms with E-state index >= 15 is 0 Å². The summed E-state index contributed by atoms with van der Waals surface area (Å²) in [6, 6.07) is 4.54.